The average molecular weight is 150 g/mol. The van der Waals surface area contributed by atoms with Crippen LogP contribution in [0.25, 0.3) is 0 Å². The minimum atomic E-state index is 0.579. The maximum atomic E-state index is 9.77. The van der Waals surface area contributed by atoms with Crippen LogP contribution in [-0.4, -0.2) is 11.7 Å². The molecule has 0 N–H and O–H groups in total. The number of aldehydes is 1. The van der Waals surface area contributed by atoms with Gasteiger partial charge in [0.2, 0.25) is 0 Å². The molecule has 0 aromatic carbocycles. The third-order valence-corrected chi connectivity index (χ3v) is 1.53. The van der Waals surface area contributed by atoms with E-state index in [1.54, 1.807) is 0 Å². The first-order valence-electron chi connectivity index (χ1n) is 2.72. The van der Waals surface area contributed by atoms with Crippen molar-refractivity contribution < 1.29 is 4.79 Å². The van der Waals surface area contributed by atoms with Crippen molar-refractivity contribution >= 4 is 24.8 Å². The fraction of sp³-hybridized carbons (Fsp3) is 0.800. The second kappa shape index (κ2) is 5.66. The lowest BCUT2D eigenvalue weighted by Crippen LogP contribution is -1.84. The molecule has 0 aliphatic heterocycles. The van der Waals surface area contributed by atoms with Crippen molar-refractivity contribution in [2.24, 2.45) is 0 Å². The van der Waals surface area contributed by atoms with Crippen LogP contribution in [0.15, 0.2) is 0 Å². The van der Waals surface area contributed by atoms with E-state index in [4.69, 9.17) is 0 Å². The molecule has 8 heavy (non-hydrogen) atoms. The monoisotopic (exact) mass is 150 g/mol. The predicted molar refractivity (Wildman–Crippen MR) is 43.1 cm³/mol. The highest BCUT2D eigenvalue weighted by Crippen LogP contribution is 2.15. The summed E-state index contributed by atoms with van der Waals surface area (Å²) in [6.45, 7) is 0. The van der Waals surface area contributed by atoms with Crippen molar-refractivity contribution in [2.45, 2.75) is 24.7 Å². The van der Waals surface area contributed by atoms with Gasteiger partial charge < -0.3 is 4.79 Å². The number of carbonyl (C=O) groups is 1. The van der Waals surface area contributed by atoms with E-state index in [9.17, 15) is 4.79 Å². The molecule has 0 fully saturated rings. The SMILES string of the molecule is O=CCCCC(P)P. The average Bonchev–Trinajstić information content (AvgIpc) is 1.66. The summed E-state index contributed by atoms with van der Waals surface area (Å²) >= 11 is 0. The second-order valence-electron chi connectivity index (χ2n) is 1.76. The van der Waals surface area contributed by atoms with Gasteiger partial charge in [0.15, 0.2) is 0 Å². The van der Waals surface area contributed by atoms with Gasteiger partial charge in [-0.2, -0.15) is 0 Å². The first kappa shape index (κ1) is 8.53. The Hall–Kier alpha value is 0.530. The summed E-state index contributed by atoms with van der Waals surface area (Å²) < 4.78 is 0. The molecule has 0 amide bonds. The number of hydrogen-bond donors (Lipinski definition) is 0. The highest BCUT2D eigenvalue weighted by molar-refractivity contribution is 7.37. The molecular weight excluding hydrogens is 138 g/mol. The molecule has 0 heterocycles. The molecule has 0 aromatic heterocycles. The van der Waals surface area contributed by atoms with E-state index in [1.807, 2.05) is 0 Å². The van der Waals surface area contributed by atoms with Crippen LogP contribution in [0.5, 0.6) is 0 Å². The van der Waals surface area contributed by atoms with E-state index in [0.29, 0.717) is 11.8 Å². The normalized spacial score (nSPS) is 9.88. The predicted octanol–water partition coefficient (Wildman–Crippen LogP) is 1.43. The lowest BCUT2D eigenvalue weighted by atomic mass is 10.3. The number of hydrogen-bond acceptors (Lipinski definition) is 1. The van der Waals surface area contributed by atoms with Gasteiger partial charge in [0, 0.05) is 6.42 Å². The first-order chi connectivity index (χ1) is 3.77. The van der Waals surface area contributed by atoms with E-state index in [2.05, 4.69) is 18.5 Å². The van der Waals surface area contributed by atoms with Crippen LogP contribution >= 0.6 is 18.5 Å². The minimum Gasteiger partial charge on any atom is -0.303 e. The zero-order chi connectivity index (χ0) is 6.41. The molecule has 48 valence electrons. The number of carbonyl (C=O) groups excluding carboxylic acids is 1. The van der Waals surface area contributed by atoms with Gasteiger partial charge in [0.1, 0.15) is 6.29 Å². The standard InChI is InChI=1S/C5H12OP2/c6-4-2-1-3-5(7)8/h4-5H,1-3,7-8H2. The van der Waals surface area contributed by atoms with Crippen LogP contribution in [0.4, 0.5) is 0 Å². The quantitative estimate of drug-likeness (QED) is 0.336. The van der Waals surface area contributed by atoms with Crippen LogP contribution in [0.2, 0.25) is 0 Å². The van der Waals surface area contributed by atoms with Crippen molar-refractivity contribution in [3.05, 3.63) is 0 Å². The van der Waals surface area contributed by atoms with Crippen LogP contribution < -0.4 is 0 Å². The van der Waals surface area contributed by atoms with Gasteiger partial charge in [-0.3, -0.25) is 0 Å². The molecule has 0 spiro atoms. The Balaban J connectivity index is 2.81. The zero-order valence-electron chi connectivity index (χ0n) is 4.84. The summed E-state index contributed by atoms with van der Waals surface area (Å²) in [5.74, 6) is 0. The summed E-state index contributed by atoms with van der Waals surface area (Å²) in [7, 11) is 5.35. The fourth-order valence-electron chi connectivity index (χ4n) is 0.437. The summed E-state index contributed by atoms with van der Waals surface area (Å²) in [4.78, 5) is 9.77. The van der Waals surface area contributed by atoms with Crippen molar-refractivity contribution in [1.29, 1.82) is 0 Å². The molecule has 0 radical (unpaired) electrons. The van der Waals surface area contributed by atoms with Gasteiger partial charge in [-0.1, -0.05) is 0 Å². The third-order valence-electron chi connectivity index (χ3n) is 0.859. The maximum absolute atomic E-state index is 9.77. The van der Waals surface area contributed by atoms with E-state index >= 15 is 0 Å². The Labute approximate surface area is 55.0 Å². The van der Waals surface area contributed by atoms with E-state index in [-0.39, 0.29) is 0 Å². The molecule has 0 bridgehead atoms. The first-order valence-corrected chi connectivity index (χ1v) is 4.05. The van der Waals surface area contributed by atoms with Crippen LogP contribution in [0.1, 0.15) is 19.3 Å². The van der Waals surface area contributed by atoms with E-state index < -0.39 is 0 Å². The Morgan fingerprint density at radius 2 is 2.12 bits per heavy atom. The molecule has 0 saturated heterocycles. The number of unbranched alkanes of at least 4 members (excludes halogenated alkanes) is 1. The summed E-state index contributed by atoms with van der Waals surface area (Å²) in [6, 6.07) is 0. The van der Waals surface area contributed by atoms with Crippen molar-refractivity contribution in [1.82, 2.24) is 0 Å². The smallest absolute Gasteiger partial charge is 0.119 e. The second-order valence-corrected chi connectivity index (χ2v) is 4.24. The lowest BCUT2D eigenvalue weighted by Gasteiger charge is -1.98. The van der Waals surface area contributed by atoms with Crippen LogP contribution in [0, 0.1) is 0 Å². The highest BCUT2D eigenvalue weighted by atomic mass is 31.1. The van der Waals surface area contributed by atoms with Gasteiger partial charge in [0.05, 0.1) is 0 Å². The Morgan fingerprint density at radius 3 is 2.50 bits per heavy atom. The largest absolute Gasteiger partial charge is 0.303 e. The van der Waals surface area contributed by atoms with Gasteiger partial charge >= 0.3 is 0 Å². The van der Waals surface area contributed by atoms with Gasteiger partial charge in [-0.05, 0) is 18.2 Å². The van der Waals surface area contributed by atoms with E-state index in [0.717, 1.165) is 19.1 Å². The Kier molecular flexibility index (Phi) is 6.04. The van der Waals surface area contributed by atoms with Crippen LogP contribution in [-0.2, 0) is 4.79 Å². The molecule has 0 saturated carbocycles. The molecule has 2 atom stereocenters. The van der Waals surface area contributed by atoms with Gasteiger partial charge in [-0.15, -0.1) is 18.5 Å². The molecule has 3 heteroatoms. The summed E-state index contributed by atoms with van der Waals surface area (Å²) in [6.07, 6.45) is 3.80. The van der Waals surface area contributed by atoms with Crippen molar-refractivity contribution in [3.63, 3.8) is 0 Å². The minimum absolute atomic E-state index is 0.579. The van der Waals surface area contributed by atoms with Crippen molar-refractivity contribution in [2.75, 3.05) is 0 Å². The van der Waals surface area contributed by atoms with Crippen molar-refractivity contribution in [3.8, 4) is 0 Å². The van der Waals surface area contributed by atoms with Gasteiger partial charge in [0.25, 0.3) is 0 Å². The van der Waals surface area contributed by atoms with Crippen LogP contribution in [0.3, 0.4) is 0 Å². The Bertz CT molecular complexity index is 63.4. The highest BCUT2D eigenvalue weighted by Gasteiger charge is 1.91. The third kappa shape index (κ3) is 6.53. The maximum Gasteiger partial charge on any atom is 0.119 e. The fourth-order valence-corrected chi connectivity index (χ4v) is 0.908. The topological polar surface area (TPSA) is 17.1 Å². The molecular formula is C5H12OP2. The Morgan fingerprint density at radius 1 is 1.50 bits per heavy atom. The molecule has 1 nitrogen and oxygen atoms in total. The summed E-state index contributed by atoms with van der Waals surface area (Å²) in [5.41, 5.74) is 0. The number of rotatable bonds is 4. The molecule has 0 aliphatic rings. The molecule has 0 rings (SSSR count). The lowest BCUT2D eigenvalue weighted by molar-refractivity contribution is -0.107. The summed E-state index contributed by atoms with van der Waals surface area (Å²) in [5, 5.41) is 0.579. The molecule has 0 aromatic rings. The zero-order valence-corrected chi connectivity index (χ0v) is 7.15. The molecule has 0 aliphatic carbocycles. The van der Waals surface area contributed by atoms with Gasteiger partial charge in [-0.25, -0.2) is 0 Å². The van der Waals surface area contributed by atoms with E-state index in [1.165, 1.54) is 0 Å². The molecule has 2 unspecified atom stereocenters.